The highest BCUT2D eigenvalue weighted by molar-refractivity contribution is 7.86. The lowest BCUT2D eigenvalue weighted by Gasteiger charge is -2.09. The van der Waals surface area contributed by atoms with Crippen LogP contribution in [0, 0.1) is 0 Å². The van der Waals surface area contributed by atoms with Crippen LogP contribution in [0.3, 0.4) is 0 Å². The standard InChI is InChI=1S/C18H16N2O7S2/c1-2-11-3-5-13(6-4-11)19-20-17-15-8-7-14(28(22,23)24)9-12(15)10-16(18(17)21)29(25,26)27/h3-10,21H,2H2,1H3,(H,22,23,24)(H,25,26,27). The Labute approximate surface area is 166 Å². The molecule has 0 saturated carbocycles. The summed E-state index contributed by atoms with van der Waals surface area (Å²) in [4.78, 5) is -1.36. The van der Waals surface area contributed by atoms with Crippen LogP contribution in [0.1, 0.15) is 12.5 Å². The Kier molecular flexibility index (Phi) is 5.41. The zero-order chi connectivity index (χ0) is 21.4. The first kappa shape index (κ1) is 20.9. The summed E-state index contributed by atoms with van der Waals surface area (Å²) in [5.41, 5.74) is 1.22. The van der Waals surface area contributed by atoms with E-state index in [9.17, 15) is 31.0 Å². The first-order valence-corrected chi connectivity index (χ1v) is 11.1. The van der Waals surface area contributed by atoms with Gasteiger partial charge in [0, 0.05) is 5.39 Å². The fourth-order valence-electron chi connectivity index (χ4n) is 2.69. The summed E-state index contributed by atoms with van der Waals surface area (Å²) in [6, 6.07) is 11.2. The van der Waals surface area contributed by atoms with E-state index < -0.39 is 35.8 Å². The molecule has 3 N–H and O–H groups in total. The number of nitrogens with zero attached hydrogens (tertiary/aromatic N) is 2. The highest BCUT2D eigenvalue weighted by Crippen LogP contribution is 2.41. The maximum Gasteiger partial charge on any atom is 0.298 e. The number of azo groups is 1. The number of phenolic OH excluding ortho intramolecular Hbond substituents is 1. The van der Waals surface area contributed by atoms with Crippen molar-refractivity contribution in [2.45, 2.75) is 23.1 Å². The lowest BCUT2D eigenvalue weighted by molar-refractivity contribution is 0.445. The van der Waals surface area contributed by atoms with Gasteiger partial charge in [0.25, 0.3) is 20.2 Å². The van der Waals surface area contributed by atoms with E-state index in [4.69, 9.17) is 0 Å². The molecule has 0 heterocycles. The topological polar surface area (TPSA) is 154 Å². The predicted molar refractivity (Wildman–Crippen MR) is 105 cm³/mol. The highest BCUT2D eigenvalue weighted by Gasteiger charge is 2.22. The predicted octanol–water partition coefficient (Wildman–Crippen LogP) is 4.02. The van der Waals surface area contributed by atoms with E-state index in [0.29, 0.717) is 5.69 Å². The lowest BCUT2D eigenvalue weighted by atomic mass is 10.1. The van der Waals surface area contributed by atoms with E-state index in [-0.39, 0.29) is 16.5 Å². The van der Waals surface area contributed by atoms with Crippen LogP contribution in [-0.4, -0.2) is 31.0 Å². The van der Waals surface area contributed by atoms with Gasteiger partial charge in [-0.1, -0.05) is 25.1 Å². The summed E-state index contributed by atoms with van der Waals surface area (Å²) in [6.45, 7) is 1.99. The Hall–Kier alpha value is -2.86. The zero-order valence-electron chi connectivity index (χ0n) is 15.0. The van der Waals surface area contributed by atoms with Crippen molar-refractivity contribution < 1.29 is 31.0 Å². The van der Waals surface area contributed by atoms with E-state index in [1.807, 2.05) is 19.1 Å². The number of aryl methyl sites for hydroxylation is 1. The molecular weight excluding hydrogens is 420 g/mol. The number of aromatic hydroxyl groups is 1. The Bertz CT molecular complexity index is 1330. The smallest absolute Gasteiger partial charge is 0.298 e. The Morgan fingerprint density at radius 3 is 2.07 bits per heavy atom. The average molecular weight is 436 g/mol. The summed E-state index contributed by atoms with van der Waals surface area (Å²) in [7, 11) is -9.41. The summed E-state index contributed by atoms with van der Waals surface area (Å²) < 4.78 is 64.6. The molecule has 0 fully saturated rings. The summed E-state index contributed by atoms with van der Waals surface area (Å²) >= 11 is 0. The van der Waals surface area contributed by atoms with E-state index >= 15 is 0 Å². The van der Waals surface area contributed by atoms with Gasteiger partial charge < -0.3 is 5.11 Å². The molecule has 152 valence electrons. The number of benzene rings is 3. The molecule has 29 heavy (non-hydrogen) atoms. The monoisotopic (exact) mass is 436 g/mol. The van der Waals surface area contributed by atoms with Crippen LogP contribution in [0.2, 0.25) is 0 Å². The maximum absolute atomic E-state index is 11.6. The molecule has 0 aromatic heterocycles. The van der Waals surface area contributed by atoms with E-state index in [2.05, 4.69) is 10.2 Å². The van der Waals surface area contributed by atoms with Gasteiger partial charge in [-0.05, 0) is 47.7 Å². The summed E-state index contributed by atoms with van der Waals surface area (Å²) in [5.74, 6) is -0.839. The van der Waals surface area contributed by atoms with Crippen molar-refractivity contribution in [2.75, 3.05) is 0 Å². The summed E-state index contributed by atoms with van der Waals surface area (Å²) in [6.07, 6.45) is 0.829. The molecule has 0 radical (unpaired) electrons. The second-order valence-electron chi connectivity index (χ2n) is 6.12. The molecule has 0 atom stereocenters. The largest absolute Gasteiger partial charge is 0.504 e. The number of hydrogen-bond donors (Lipinski definition) is 3. The molecule has 0 saturated heterocycles. The highest BCUT2D eigenvalue weighted by atomic mass is 32.2. The molecule has 0 bridgehead atoms. The molecule has 0 unspecified atom stereocenters. The fraction of sp³-hybridized carbons (Fsp3) is 0.111. The van der Waals surface area contributed by atoms with Crippen molar-refractivity contribution in [1.82, 2.24) is 0 Å². The molecule has 0 aliphatic rings. The van der Waals surface area contributed by atoms with Gasteiger partial charge in [-0.3, -0.25) is 9.11 Å². The molecule has 3 aromatic rings. The van der Waals surface area contributed by atoms with Crippen LogP contribution < -0.4 is 0 Å². The second-order valence-corrected chi connectivity index (χ2v) is 8.94. The van der Waals surface area contributed by atoms with Crippen LogP contribution in [0.25, 0.3) is 10.8 Å². The number of hydrogen-bond acceptors (Lipinski definition) is 7. The van der Waals surface area contributed by atoms with Crippen molar-refractivity contribution in [2.24, 2.45) is 10.2 Å². The quantitative estimate of drug-likeness (QED) is 0.403. The van der Waals surface area contributed by atoms with E-state index in [1.54, 1.807) is 12.1 Å². The molecule has 0 aliphatic carbocycles. The molecule has 11 heteroatoms. The third-order valence-electron chi connectivity index (χ3n) is 4.21. The minimum Gasteiger partial charge on any atom is -0.504 e. The van der Waals surface area contributed by atoms with Gasteiger partial charge in [0.15, 0.2) is 5.75 Å². The SMILES string of the molecule is CCc1ccc(N=Nc2c(O)c(S(=O)(=O)O)cc3cc(S(=O)(=O)O)ccc23)cc1. The third kappa shape index (κ3) is 4.43. The van der Waals surface area contributed by atoms with Crippen molar-refractivity contribution in [1.29, 1.82) is 0 Å². The maximum atomic E-state index is 11.6. The lowest BCUT2D eigenvalue weighted by Crippen LogP contribution is -2.00. The average Bonchev–Trinajstić information content (AvgIpc) is 2.65. The first-order valence-electron chi connectivity index (χ1n) is 8.26. The number of fused-ring (bicyclic) bond motifs is 1. The van der Waals surface area contributed by atoms with Gasteiger partial charge in [0.05, 0.1) is 10.6 Å². The van der Waals surface area contributed by atoms with Crippen molar-refractivity contribution in [3.63, 3.8) is 0 Å². The van der Waals surface area contributed by atoms with Crippen molar-refractivity contribution >= 4 is 42.4 Å². The van der Waals surface area contributed by atoms with Crippen LogP contribution >= 0.6 is 0 Å². The van der Waals surface area contributed by atoms with E-state index in [1.165, 1.54) is 6.07 Å². The van der Waals surface area contributed by atoms with Crippen LogP contribution in [0.5, 0.6) is 5.75 Å². The van der Waals surface area contributed by atoms with Gasteiger partial charge in [-0.15, -0.1) is 5.11 Å². The Morgan fingerprint density at radius 2 is 1.52 bits per heavy atom. The van der Waals surface area contributed by atoms with Crippen molar-refractivity contribution in [3.8, 4) is 5.75 Å². The fourth-order valence-corrected chi connectivity index (χ4v) is 3.83. The molecule has 3 rings (SSSR count). The molecule has 0 spiro atoms. The molecule has 0 aliphatic heterocycles. The van der Waals surface area contributed by atoms with Gasteiger partial charge >= 0.3 is 0 Å². The van der Waals surface area contributed by atoms with Gasteiger partial charge in [-0.2, -0.15) is 21.9 Å². The number of phenols is 1. The van der Waals surface area contributed by atoms with Gasteiger partial charge in [0.1, 0.15) is 10.6 Å². The third-order valence-corrected chi connectivity index (χ3v) is 5.92. The molecular formula is C18H16N2O7S2. The van der Waals surface area contributed by atoms with Crippen LogP contribution in [-0.2, 0) is 26.7 Å². The normalized spacial score (nSPS) is 12.7. The van der Waals surface area contributed by atoms with Gasteiger partial charge in [-0.25, -0.2) is 0 Å². The minimum absolute atomic E-state index is 0.000769. The van der Waals surface area contributed by atoms with Gasteiger partial charge in [0.2, 0.25) is 0 Å². The zero-order valence-corrected chi connectivity index (χ0v) is 16.6. The first-order chi connectivity index (χ1) is 13.5. The minimum atomic E-state index is -4.85. The molecule has 0 amide bonds. The molecule has 9 nitrogen and oxygen atoms in total. The second kappa shape index (κ2) is 7.52. The Balaban J connectivity index is 2.25. The number of rotatable bonds is 5. The van der Waals surface area contributed by atoms with Crippen molar-refractivity contribution in [3.05, 3.63) is 54.1 Å². The van der Waals surface area contributed by atoms with Crippen LogP contribution in [0.4, 0.5) is 11.4 Å². The van der Waals surface area contributed by atoms with E-state index in [0.717, 1.165) is 30.2 Å². The summed E-state index contributed by atoms with van der Waals surface area (Å²) in [5, 5.41) is 18.4. The molecule has 3 aromatic carbocycles. The Morgan fingerprint density at radius 1 is 0.862 bits per heavy atom. The van der Waals surface area contributed by atoms with Crippen LogP contribution in [0.15, 0.2) is 68.6 Å².